The van der Waals surface area contributed by atoms with E-state index in [0.717, 1.165) is 19.0 Å². The SMILES string of the molecule is CC1(CO)CC(N)C1.O=C1c2cccc(OC(F)F)c2C2CC(c3nn4cc(F)c(-c5cncnc5)cc4c32)N1C(O)(O)O. The molecule has 4 heterocycles. The molecule has 2 aliphatic carbocycles. The van der Waals surface area contributed by atoms with E-state index in [4.69, 9.17) is 15.6 Å². The van der Waals surface area contributed by atoms with Crippen LogP contribution in [0.25, 0.3) is 16.6 Å². The molecule has 44 heavy (non-hydrogen) atoms. The number of hydrogen-bond acceptors (Lipinski definition) is 10. The second-order valence-corrected chi connectivity index (χ2v) is 11.6. The predicted molar refractivity (Wildman–Crippen MR) is 146 cm³/mol. The molecule has 4 aromatic rings. The van der Waals surface area contributed by atoms with Gasteiger partial charge < -0.3 is 30.9 Å². The van der Waals surface area contributed by atoms with Gasteiger partial charge in [0.25, 0.3) is 5.91 Å². The second kappa shape index (κ2) is 10.8. The monoisotopic (exact) mass is 614 g/mol. The number of carbonyl (C=O) groups excluding carboxylic acids is 1. The third kappa shape index (κ3) is 5.05. The zero-order chi connectivity index (χ0) is 31.6. The van der Waals surface area contributed by atoms with E-state index in [-0.39, 0.29) is 40.0 Å². The van der Waals surface area contributed by atoms with Gasteiger partial charge in [-0.1, -0.05) is 13.0 Å². The average Bonchev–Trinajstić information content (AvgIpc) is 3.44. The maximum absolute atomic E-state index is 15.0. The summed E-state index contributed by atoms with van der Waals surface area (Å²) in [5.74, 6) is -2.75. The highest BCUT2D eigenvalue weighted by Gasteiger charge is 2.52. The van der Waals surface area contributed by atoms with Gasteiger partial charge in [0.15, 0.2) is 0 Å². The highest BCUT2D eigenvalue weighted by Crippen LogP contribution is 2.55. The first kappa shape index (κ1) is 29.9. The number of nitrogens with two attached hydrogens (primary N) is 1. The summed E-state index contributed by atoms with van der Waals surface area (Å²) in [7, 11) is 0. The minimum atomic E-state index is -3.59. The number of carbonyl (C=O) groups is 1. The van der Waals surface area contributed by atoms with Gasteiger partial charge in [-0.3, -0.25) is 9.69 Å². The molecular formula is C29H29F3N6O6. The first-order chi connectivity index (χ1) is 20.8. The molecule has 1 amide bonds. The Morgan fingerprint density at radius 1 is 1.16 bits per heavy atom. The van der Waals surface area contributed by atoms with Gasteiger partial charge in [-0.05, 0) is 42.9 Å². The first-order valence-corrected chi connectivity index (χ1v) is 13.7. The number of aromatic nitrogens is 4. The molecule has 1 aliphatic heterocycles. The number of halogens is 3. The van der Waals surface area contributed by atoms with E-state index in [1.54, 1.807) is 0 Å². The maximum atomic E-state index is 15.0. The van der Waals surface area contributed by atoms with Crippen LogP contribution in [0.1, 0.15) is 65.3 Å². The van der Waals surface area contributed by atoms with Crippen LogP contribution >= 0.6 is 0 Å². The summed E-state index contributed by atoms with van der Waals surface area (Å²) < 4.78 is 47.5. The molecule has 6 N–H and O–H groups in total. The first-order valence-electron chi connectivity index (χ1n) is 13.7. The predicted octanol–water partition coefficient (Wildman–Crippen LogP) is 2.26. The van der Waals surface area contributed by atoms with Gasteiger partial charge in [-0.2, -0.15) is 13.9 Å². The molecule has 0 saturated heterocycles. The molecule has 1 aromatic carbocycles. The molecule has 2 atom stereocenters. The van der Waals surface area contributed by atoms with E-state index in [2.05, 4.69) is 22.0 Å². The average molecular weight is 615 g/mol. The number of amides is 1. The van der Waals surface area contributed by atoms with Crippen molar-refractivity contribution in [3.8, 4) is 16.9 Å². The van der Waals surface area contributed by atoms with Gasteiger partial charge in [0, 0.05) is 58.8 Å². The Morgan fingerprint density at radius 2 is 1.86 bits per heavy atom. The molecule has 3 aliphatic rings. The Balaban J connectivity index is 0.000000374. The Kier molecular flexibility index (Phi) is 7.33. The van der Waals surface area contributed by atoms with Crippen LogP contribution in [0.15, 0.2) is 49.2 Å². The number of aliphatic hydroxyl groups is 4. The van der Waals surface area contributed by atoms with E-state index in [1.165, 1.54) is 47.5 Å². The lowest BCUT2D eigenvalue weighted by molar-refractivity contribution is -0.385. The van der Waals surface area contributed by atoms with E-state index < -0.39 is 36.4 Å². The molecule has 232 valence electrons. The molecule has 2 bridgehead atoms. The topological polar surface area (TPSA) is 180 Å². The van der Waals surface area contributed by atoms with E-state index in [9.17, 15) is 28.9 Å². The van der Waals surface area contributed by atoms with Crippen molar-refractivity contribution in [3.05, 3.63) is 77.4 Å². The van der Waals surface area contributed by atoms with Gasteiger partial charge in [0.05, 0.1) is 23.4 Å². The number of rotatable bonds is 5. The van der Waals surface area contributed by atoms with Crippen molar-refractivity contribution in [1.82, 2.24) is 24.5 Å². The highest BCUT2D eigenvalue weighted by atomic mass is 19.3. The molecule has 0 spiro atoms. The zero-order valence-electron chi connectivity index (χ0n) is 23.3. The Labute approximate surface area is 248 Å². The van der Waals surface area contributed by atoms with Gasteiger partial charge in [0.1, 0.15) is 17.9 Å². The maximum Gasteiger partial charge on any atom is 0.387 e. The van der Waals surface area contributed by atoms with Crippen molar-refractivity contribution in [2.45, 2.75) is 56.9 Å². The van der Waals surface area contributed by atoms with Crippen molar-refractivity contribution < 1.29 is 43.1 Å². The number of nitrogens with zero attached hydrogens (tertiary/aromatic N) is 5. The summed E-state index contributed by atoms with van der Waals surface area (Å²) >= 11 is 0. The van der Waals surface area contributed by atoms with Crippen molar-refractivity contribution in [2.75, 3.05) is 6.61 Å². The highest BCUT2D eigenvalue weighted by molar-refractivity contribution is 5.98. The van der Waals surface area contributed by atoms with E-state index >= 15 is 4.39 Å². The smallest absolute Gasteiger partial charge is 0.387 e. The third-order valence-corrected chi connectivity index (χ3v) is 8.39. The summed E-state index contributed by atoms with van der Waals surface area (Å²) in [6, 6.07) is 4.56. The summed E-state index contributed by atoms with van der Waals surface area (Å²) in [6.45, 7) is -0.838. The van der Waals surface area contributed by atoms with Crippen molar-refractivity contribution in [1.29, 1.82) is 0 Å². The standard InChI is InChI=1S/C23H16F3N5O5.C6H13NO/c24-14-8-30-15(4-12(14)10-6-27-9-28-7-10)19-13-5-16(20(19)29-30)31(23(33,34)35)21(32)11-2-1-3-17(18(11)13)36-22(25)26;1-6(4-8)2-5(7)3-6/h1-4,6-9,13,16,22,33-35H,5H2;5,8H,2-4,7H2,1H3. The molecule has 7 rings (SSSR count). The molecule has 1 saturated carbocycles. The fraction of sp³-hybridized carbons (Fsp3) is 0.379. The number of alkyl halides is 2. The molecule has 15 heteroatoms. The number of benzene rings is 1. The lowest BCUT2D eigenvalue weighted by atomic mass is 9.68. The molecule has 2 unspecified atom stereocenters. The van der Waals surface area contributed by atoms with Crippen LogP contribution in [0.3, 0.4) is 0 Å². The molecule has 0 radical (unpaired) electrons. The quantitative estimate of drug-likeness (QED) is 0.209. The van der Waals surface area contributed by atoms with Crippen molar-refractivity contribution in [2.24, 2.45) is 11.1 Å². The second-order valence-electron chi connectivity index (χ2n) is 11.6. The summed E-state index contributed by atoms with van der Waals surface area (Å²) in [5, 5.41) is 43.3. The van der Waals surface area contributed by atoms with Crippen LogP contribution in [0.5, 0.6) is 5.75 Å². The Bertz CT molecular complexity index is 1720. The number of ether oxygens (including phenoxy) is 1. The normalized spacial score (nSPS) is 23.9. The molecule has 1 fully saturated rings. The molecule has 12 nitrogen and oxygen atoms in total. The van der Waals surface area contributed by atoms with Gasteiger partial charge in [-0.25, -0.2) is 18.9 Å². The Morgan fingerprint density at radius 3 is 2.45 bits per heavy atom. The van der Waals surface area contributed by atoms with Gasteiger partial charge >= 0.3 is 12.7 Å². The Hall–Kier alpha value is -4.15. The van der Waals surface area contributed by atoms with Gasteiger partial charge in [-0.15, -0.1) is 0 Å². The van der Waals surface area contributed by atoms with Crippen LogP contribution in [-0.2, 0) is 0 Å². The number of aliphatic hydroxyl groups excluding tert-OH is 1. The van der Waals surface area contributed by atoms with Crippen LogP contribution in [-0.4, -0.2) is 76.2 Å². The number of fused-ring (bicyclic) bond motifs is 9. The minimum Gasteiger partial charge on any atom is -0.434 e. The van der Waals surface area contributed by atoms with Crippen LogP contribution in [0, 0.1) is 11.2 Å². The fourth-order valence-corrected chi connectivity index (χ4v) is 6.55. The van der Waals surface area contributed by atoms with E-state index in [0.29, 0.717) is 34.2 Å². The summed E-state index contributed by atoms with van der Waals surface area (Å²) in [6.07, 6.45) is 3.59. The van der Waals surface area contributed by atoms with Crippen LogP contribution in [0.4, 0.5) is 13.2 Å². The largest absolute Gasteiger partial charge is 0.434 e. The summed E-state index contributed by atoms with van der Waals surface area (Å²) in [5.41, 5.74) is 7.09. The van der Waals surface area contributed by atoms with E-state index in [1.807, 2.05) is 0 Å². The number of hydrogen-bond donors (Lipinski definition) is 5. The van der Waals surface area contributed by atoms with Gasteiger partial charge in [0.2, 0.25) is 0 Å². The summed E-state index contributed by atoms with van der Waals surface area (Å²) in [4.78, 5) is 21.6. The lowest BCUT2D eigenvalue weighted by Gasteiger charge is -2.41. The zero-order valence-corrected chi connectivity index (χ0v) is 23.3. The molecular weight excluding hydrogens is 585 g/mol. The van der Waals surface area contributed by atoms with Crippen LogP contribution < -0.4 is 10.5 Å². The third-order valence-electron chi connectivity index (χ3n) is 8.39. The lowest BCUT2D eigenvalue weighted by Crippen LogP contribution is -2.53. The van der Waals surface area contributed by atoms with Crippen molar-refractivity contribution >= 4 is 11.4 Å². The van der Waals surface area contributed by atoms with Crippen LogP contribution in [0.2, 0.25) is 0 Å². The number of pyridine rings is 1. The van der Waals surface area contributed by atoms with Crippen molar-refractivity contribution in [3.63, 3.8) is 0 Å². The molecule has 3 aromatic heterocycles. The minimum absolute atomic E-state index is 0.0267. The fourth-order valence-electron chi connectivity index (χ4n) is 6.55.